The van der Waals surface area contributed by atoms with E-state index in [2.05, 4.69) is 5.32 Å². The van der Waals surface area contributed by atoms with Crippen molar-refractivity contribution in [3.05, 3.63) is 51.0 Å². The molecule has 0 saturated heterocycles. The first-order chi connectivity index (χ1) is 20.0. The van der Waals surface area contributed by atoms with Gasteiger partial charge in [0.2, 0.25) is 5.78 Å². The molecule has 4 atom stereocenters. The number of fused-ring (bicyclic) bond motifs is 3. The van der Waals surface area contributed by atoms with Crippen molar-refractivity contribution in [3.63, 3.8) is 0 Å². The minimum Gasteiger partial charge on any atom is -0.510 e. The van der Waals surface area contributed by atoms with Crippen molar-refractivity contribution < 1.29 is 52.3 Å². The minimum atomic E-state index is -4.90. The molecular formula is C29H36F3N3O8. The van der Waals surface area contributed by atoms with Crippen LogP contribution in [0.3, 0.4) is 0 Å². The summed E-state index contributed by atoms with van der Waals surface area (Å²) in [6, 6.07) is -0.259. The number of likely N-dealkylation sites (N-methyl/N-ethyl adjacent to an activating group) is 1. The number of ketones is 2. The summed E-state index contributed by atoms with van der Waals surface area (Å²) in [5.74, 6) is -8.00. The zero-order chi connectivity index (χ0) is 32.2. The van der Waals surface area contributed by atoms with Crippen molar-refractivity contribution >= 4 is 17.5 Å². The lowest BCUT2D eigenvalue weighted by Gasteiger charge is -2.51. The Morgan fingerprint density at radius 1 is 1.23 bits per heavy atom. The molecule has 3 aliphatic carbocycles. The number of hydrogen-bond acceptors (Lipinski definition) is 10. The number of primary amides is 1. The van der Waals surface area contributed by atoms with E-state index in [4.69, 9.17) is 15.2 Å². The van der Waals surface area contributed by atoms with Gasteiger partial charge in [-0.15, -0.1) is 0 Å². The molecule has 11 nitrogen and oxygen atoms in total. The topological polar surface area (TPSA) is 172 Å². The minimum absolute atomic E-state index is 0.0660. The Bertz CT molecular complexity index is 1420. The Balaban J connectivity index is 1.88. The van der Waals surface area contributed by atoms with Gasteiger partial charge in [-0.3, -0.25) is 19.3 Å². The molecule has 1 amide bonds. The standard InChI is InChI=1S/C29H36F3N3O8/c1-12(2)43-7-6-34-11-14-10-17(36)19-15(21(14)29(30,31)32)8-13-9-16-22(35(3)4)24(38)20(27(33)41)26(40)28(16,42-5)25(39)18(13)23(19)37/h10,12-13,16,22,34,36,38-39H,6-9,11H2,1-5H3,(H2,33,41)/t13-,16-,22-,28-/m0/s1. The van der Waals surface area contributed by atoms with Gasteiger partial charge in [0.25, 0.3) is 5.91 Å². The lowest BCUT2D eigenvalue weighted by molar-refractivity contribution is -0.154. The van der Waals surface area contributed by atoms with Crippen molar-refractivity contribution in [1.29, 1.82) is 0 Å². The average Bonchev–Trinajstić information content (AvgIpc) is 2.86. The van der Waals surface area contributed by atoms with E-state index in [1.807, 2.05) is 13.8 Å². The van der Waals surface area contributed by atoms with E-state index in [0.717, 1.165) is 13.2 Å². The fourth-order valence-electron chi connectivity index (χ4n) is 6.79. The first kappa shape index (κ1) is 32.5. The summed E-state index contributed by atoms with van der Waals surface area (Å²) in [5.41, 5.74) is -0.566. The smallest absolute Gasteiger partial charge is 0.417 e. The number of carbonyl (C=O) groups is 3. The molecule has 0 heterocycles. The zero-order valence-electron chi connectivity index (χ0n) is 24.5. The predicted molar refractivity (Wildman–Crippen MR) is 146 cm³/mol. The van der Waals surface area contributed by atoms with E-state index < -0.39 is 98.7 Å². The SMILES string of the molecule is CO[C@@]12C(=O)C(C(N)=O)=C(O)[C@@H](N(C)C)[C@@H]1C[C@@H]1Cc3c(c(O)cc(CNCCOC(C)C)c3C(F)(F)F)C(=O)C1=C2O. The number of phenolic OH excluding ortho intramolecular Hbond substituents is 1. The lowest BCUT2D eigenvalue weighted by atomic mass is 9.58. The Morgan fingerprint density at radius 3 is 2.42 bits per heavy atom. The molecule has 4 rings (SSSR count). The molecule has 1 aromatic carbocycles. The number of methoxy groups -OCH3 is 1. The van der Waals surface area contributed by atoms with Gasteiger partial charge < -0.3 is 35.8 Å². The van der Waals surface area contributed by atoms with Gasteiger partial charge in [-0.1, -0.05) is 0 Å². The van der Waals surface area contributed by atoms with Crippen LogP contribution >= 0.6 is 0 Å². The Labute approximate surface area is 246 Å². The number of halogens is 3. The van der Waals surface area contributed by atoms with Gasteiger partial charge in [0.05, 0.1) is 29.9 Å². The molecule has 1 aromatic rings. The third-order valence-electron chi connectivity index (χ3n) is 8.43. The van der Waals surface area contributed by atoms with Crippen LogP contribution in [0, 0.1) is 11.8 Å². The molecule has 3 aliphatic rings. The largest absolute Gasteiger partial charge is 0.510 e. The number of nitrogens with two attached hydrogens (primary N) is 1. The number of nitrogens with one attached hydrogen (secondary N) is 1. The van der Waals surface area contributed by atoms with Gasteiger partial charge >= 0.3 is 6.18 Å². The maximum Gasteiger partial charge on any atom is 0.417 e. The van der Waals surface area contributed by atoms with Crippen molar-refractivity contribution in [2.45, 2.75) is 57.2 Å². The van der Waals surface area contributed by atoms with Crippen LogP contribution in [0.4, 0.5) is 13.2 Å². The van der Waals surface area contributed by atoms with Crippen LogP contribution in [0.2, 0.25) is 0 Å². The summed E-state index contributed by atoms with van der Waals surface area (Å²) in [7, 11) is 4.12. The quantitative estimate of drug-likeness (QED) is 0.206. The van der Waals surface area contributed by atoms with Crippen LogP contribution in [0.15, 0.2) is 28.7 Å². The first-order valence-electron chi connectivity index (χ1n) is 13.7. The fourth-order valence-corrected chi connectivity index (χ4v) is 6.79. The maximum atomic E-state index is 14.6. The summed E-state index contributed by atoms with van der Waals surface area (Å²) < 4.78 is 54.7. The molecule has 0 aromatic heterocycles. The highest BCUT2D eigenvalue weighted by Crippen LogP contribution is 2.54. The maximum absolute atomic E-state index is 14.6. The summed E-state index contributed by atoms with van der Waals surface area (Å²) in [4.78, 5) is 41.2. The first-order valence-corrected chi connectivity index (χ1v) is 13.7. The monoisotopic (exact) mass is 611 g/mol. The number of aliphatic hydroxyl groups excluding tert-OH is 2. The average molecular weight is 612 g/mol. The van der Waals surface area contributed by atoms with E-state index >= 15 is 0 Å². The van der Waals surface area contributed by atoms with Crippen LogP contribution in [-0.2, 0) is 38.2 Å². The third-order valence-corrected chi connectivity index (χ3v) is 8.43. The van der Waals surface area contributed by atoms with Gasteiger partial charge in [0, 0.05) is 31.7 Å². The van der Waals surface area contributed by atoms with Crippen LogP contribution in [0.5, 0.6) is 5.75 Å². The van der Waals surface area contributed by atoms with Gasteiger partial charge in [-0.25, -0.2) is 0 Å². The molecule has 0 saturated carbocycles. The van der Waals surface area contributed by atoms with Crippen LogP contribution in [-0.4, -0.2) is 89.8 Å². The van der Waals surface area contributed by atoms with Crippen molar-refractivity contribution in [2.75, 3.05) is 34.4 Å². The molecule has 236 valence electrons. The molecule has 6 N–H and O–H groups in total. The van der Waals surface area contributed by atoms with Crippen molar-refractivity contribution in [1.82, 2.24) is 10.2 Å². The van der Waals surface area contributed by atoms with E-state index in [0.29, 0.717) is 0 Å². The second-order valence-electron chi connectivity index (χ2n) is 11.5. The molecule has 0 fully saturated rings. The predicted octanol–water partition coefficient (Wildman–Crippen LogP) is 2.31. The number of rotatable bonds is 9. The Kier molecular flexibility index (Phi) is 8.73. The second kappa shape index (κ2) is 11.6. The van der Waals surface area contributed by atoms with Crippen molar-refractivity contribution in [3.8, 4) is 5.75 Å². The van der Waals surface area contributed by atoms with Crippen LogP contribution in [0.25, 0.3) is 0 Å². The molecule has 0 unspecified atom stereocenters. The number of allylic oxidation sites excluding steroid dienone is 1. The van der Waals surface area contributed by atoms with Gasteiger partial charge in [-0.2, -0.15) is 13.2 Å². The molecular weight excluding hydrogens is 575 g/mol. The number of amides is 1. The second-order valence-corrected chi connectivity index (χ2v) is 11.5. The molecule has 0 bridgehead atoms. The highest BCUT2D eigenvalue weighted by Gasteiger charge is 2.64. The lowest BCUT2D eigenvalue weighted by Crippen LogP contribution is -2.64. The molecule has 0 aliphatic heterocycles. The number of ether oxygens (including phenoxy) is 2. The van der Waals surface area contributed by atoms with E-state index in [1.54, 1.807) is 0 Å². The van der Waals surface area contributed by atoms with Crippen LogP contribution in [0.1, 0.15) is 47.3 Å². The van der Waals surface area contributed by atoms with E-state index in [-0.39, 0.29) is 37.8 Å². The van der Waals surface area contributed by atoms with Gasteiger partial charge in [0.15, 0.2) is 11.4 Å². The number of nitrogens with zero attached hydrogens (tertiary/aromatic N) is 1. The summed E-state index contributed by atoms with van der Waals surface area (Å²) >= 11 is 0. The molecule has 14 heteroatoms. The Morgan fingerprint density at radius 2 is 1.88 bits per heavy atom. The number of Topliss-reactive ketones (excluding diaryl/α,β-unsaturated/α-hetero) is 2. The molecule has 0 radical (unpaired) electrons. The number of carbonyl (C=O) groups excluding carboxylic acids is 3. The highest BCUT2D eigenvalue weighted by molar-refractivity contribution is 6.25. The Hall–Kier alpha value is -3.46. The summed E-state index contributed by atoms with van der Waals surface area (Å²) in [6.07, 6.45) is -5.56. The number of hydrogen-bond donors (Lipinski definition) is 5. The van der Waals surface area contributed by atoms with Gasteiger partial charge in [-0.05, 0) is 63.9 Å². The van der Waals surface area contributed by atoms with E-state index in [1.165, 1.54) is 19.0 Å². The molecule has 0 spiro atoms. The number of phenols is 1. The van der Waals surface area contributed by atoms with E-state index in [9.17, 15) is 42.9 Å². The normalized spacial score (nSPS) is 25.8. The molecule has 43 heavy (non-hydrogen) atoms. The number of aromatic hydroxyl groups is 1. The van der Waals surface area contributed by atoms with Crippen molar-refractivity contribution in [2.24, 2.45) is 17.6 Å². The highest BCUT2D eigenvalue weighted by atomic mass is 19.4. The number of aliphatic hydroxyl groups is 2. The van der Waals surface area contributed by atoms with Crippen LogP contribution < -0.4 is 11.1 Å². The summed E-state index contributed by atoms with van der Waals surface area (Å²) in [5, 5.41) is 36.3. The third kappa shape index (κ3) is 5.19. The number of benzene rings is 1. The zero-order valence-corrected chi connectivity index (χ0v) is 24.5. The number of alkyl halides is 3. The van der Waals surface area contributed by atoms with Gasteiger partial charge in [0.1, 0.15) is 22.8 Å². The fraction of sp³-hybridized carbons (Fsp3) is 0.552. The summed E-state index contributed by atoms with van der Waals surface area (Å²) in [6.45, 7) is 3.85.